The van der Waals surface area contributed by atoms with Crippen molar-refractivity contribution in [3.05, 3.63) is 39.4 Å². The topological polar surface area (TPSA) is 60.2 Å². The molecular weight excluding hydrogens is 230 g/mol. The summed E-state index contributed by atoms with van der Waals surface area (Å²) in [7, 11) is 0. The standard InChI is InChI=1S/C12H15NO3.C2H6/c1-8(14)9-5-6-10(12(2,3)4)11(7-9)13(15)16;1-2/h5-7H,1-4H3;1-2H3. The average Bonchev–Trinajstić information content (AvgIpc) is 2.29. The quantitative estimate of drug-likeness (QED) is 0.451. The maximum atomic E-state index is 11.2. The summed E-state index contributed by atoms with van der Waals surface area (Å²) in [6.45, 7) is 11.1. The number of rotatable bonds is 2. The Bertz CT molecular complexity index is 445. The second-order valence-corrected chi connectivity index (χ2v) is 4.80. The molecule has 0 unspecified atom stereocenters. The molecule has 0 radical (unpaired) electrons. The molecule has 100 valence electrons. The normalized spacial score (nSPS) is 10.3. The molecule has 18 heavy (non-hydrogen) atoms. The number of Topliss-reactive ketones (excluding diaryl/α,β-unsaturated/α-hetero) is 1. The molecule has 1 aromatic rings. The van der Waals surface area contributed by atoms with Gasteiger partial charge >= 0.3 is 0 Å². The lowest BCUT2D eigenvalue weighted by molar-refractivity contribution is -0.386. The summed E-state index contributed by atoms with van der Waals surface area (Å²) in [4.78, 5) is 21.7. The molecule has 0 spiro atoms. The van der Waals surface area contributed by atoms with Gasteiger partial charge in [0.2, 0.25) is 0 Å². The number of benzene rings is 1. The molecule has 0 N–H and O–H groups in total. The maximum Gasteiger partial charge on any atom is 0.273 e. The lowest BCUT2D eigenvalue weighted by Gasteiger charge is -2.18. The van der Waals surface area contributed by atoms with Crippen LogP contribution in [0.25, 0.3) is 0 Å². The molecule has 0 bridgehead atoms. The van der Waals surface area contributed by atoms with Crippen LogP contribution >= 0.6 is 0 Å². The van der Waals surface area contributed by atoms with Crippen molar-refractivity contribution in [2.75, 3.05) is 0 Å². The first-order valence-electron chi connectivity index (χ1n) is 6.03. The monoisotopic (exact) mass is 251 g/mol. The Labute approximate surface area is 108 Å². The van der Waals surface area contributed by atoms with Gasteiger partial charge in [-0.1, -0.05) is 46.8 Å². The van der Waals surface area contributed by atoms with Crippen LogP contribution in [0.1, 0.15) is 57.5 Å². The third-order valence-corrected chi connectivity index (χ3v) is 2.41. The number of nitrogens with zero attached hydrogens (tertiary/aromatic N) is 1. The van der Waals surface area contributed by atoms with E-state index in [2.05, 4.69) is 0 Å². The Kier molecular flexibility index (Phi) is 5.69. The number of carbonyl (C=O) groups excluding carboxylic acids is 1. The minimum atomic E-state index is -0.437. The summed E-state index contributed by atoms with van der Waals surface area (Å²) in [6, 6.07) is 4.65. The average molecular weight is 251 g/mol. The summed E-state index contributed by atoms with van der Waals surface area (Å²) in [5.41, 5.74) is 0.722. The van der Waals surface area contributed by atoms with E-state index in [1.807, 2.05) is 34.6 Å². The van der Waals surface area contributed by atoms with Crippen molar-refractivity contribution in [3.63, 3.8) is 0 Å². The molecule has 1 aromatic carbocycles. The van der Waals surface area contributed by atoms with E-state index in [0.29, 0.717) is 11.1 Å². The molecule has 0 aliphatic rings. The van der Waals surface area contributed by atoms with Gasteiger partial charge in [0.05, 0.1) is 4.92 Å². The van der Waals surface area contributed by atoms with E-state index >= 15 is 0 Å². The van der Waals surface area contributed by atoms with Gasteiger partial charge in [-0.05, 0) is 12.3 Å². The fourth-order valence-corrected chi connectivity index (χ4v) is 1.54. The van der Waals surface area contributed by atoms with Crippen molar-refractivity contribution >= 4 is 11.5 Å². The van der Waals surface area contributed by atoms with Crippen LogP contribution in [0.3, 0.4) is 0 Å². The van der Waals surface area contributed by atoms with E-state index in [1.165, 1.54) is 13.0 Å². The molecule has 4 heteroatoms. The van der Waals surface area contributed by atoms with Crippen LogP contribution < -0.4 is 0 Å². The van der Waals surface area contributed by atoms with Gasteiger partial charge in [-0.2, -0.15) is 0 Å². The van der Waals surface area contributed by atoms with Gasteiger partial charge in [-0.15, -0.1) is 0 Å². The number of hydrogen-bond acceptors (Lipinski definition) is 3. The van der Waals surface area contributed by atoms with Gasteiger partial charge in [0, 0.05) is 17.2 Å². The highest BCUT2D eigenvalue weighted by molar-refractivity contribution is 5.94. The zero-order chi connectivity index (χ0) is 14.5. The number of nitro groups is 1. The van der Waals surface area contributed by atoms with Crippen molar-refractivity contribution in [2.45, 2.75) is 47.0 Å². The van der Waals surface area contributed by atoms with Gasteiger partial charge in [-0.3, -0.25) is 14.9 Å². The van der Waals surface area contributed by atoms with Gasteiger partial charge in [0.1, 0.15) is 0 Å². The highest BCUT2D eigenvalue weighted by atomic mass is 16.6. The Morgan fingerprint density at radius 1 is 1.22 bits per heavy atom. The van der Waals surface area contributed by atoms with Crippen LogP contribution in [0.4, 0.5) is 5.69 Å². The third kappa shape index (κ3) is 3.95. The molecule has 0 fully saturated rings. The van der Waals surface area contributed by atoms with E-state index in [0.717, 1.165) is 0 Å². The molecule has 0 aromatic heterocycles. The van der Waals surface area contributed by atoms with E-state index in [1.54, 1.807) is 12.1 Å². The Hall–Kier alpha value is -1.71. The summed E-state index contributed by atoms with van der Waals surface area (Å²) in [6.07, 6.45) is 0. The highest BCUT2D eigenvalue weighted by Crippen LogP contribution is 2.31. The molecule has 4 nitrogen and oxygen atoms in total. The van der Waals surface area contributed by atoms with Crippen LogP contribution in [0.2, 0.25) is 0 Å². The summed E-state index contributed by atoms with van der Waals surface area (Å²) in [5, 5.41) is 10.9. The molecular formula is C14H21NO3. The Morgan fingerprint density at radius 3 is 2.06 bits per heavy atom. The SMILES string of the molecule is CC.CC(=O)c1ccc(C(C)(C)C)c([N+](=O)[O-])c1. The summed E-state index contributed by atoms with van der Waals surface area (Å²) in [5.74, 6) is -0.163. The molecule has 0 amide bonds. The van der Waals surface area contributed by atoms with Crippen LogP contribution in [0.15, 0.2) is 18.2 Å². The first-order valence-corrected chi connectivity index (χ1v) is 6.03. The van der Waals surface area contributed by atoms with Crippen molar-refractivity contribution in [1.29, 1.82) is 0 Å². The molecule has 0 saturated carbocycles. The smallest absolute Gasteiger partial charge is 0.273 e. The summed E-state index contributed by atoms with van der Waals surface area (Å²) < 4.78 is 0. The van der Waals surface area contributed by atoms with E-state index in [-0.39, 0.29) is 16.9 Å². The van der Waals surface area contributed by atoms with Crippen molar-refractivity contribution in [3.8, 4) is 0 Å². The van der Waals surface area contributed by atoms with E-state index in [4.69, 9.17) is 0 Å². The summed E-state index contributed by atoms with van der Waals surface area (Å²) >= 11 is 0. The largest absolute Gasteiger partial charge is 0.295 e. The molecule has 0 aliphatic heterocycles. The van der Waals surface area contributed by atoms with Crippen molar-refractivity contribution in [2.24, 2.45) is 0 Å². The minimum Gasteiger partial charge on any atom is -0.295 e. The van der Waals surface area contributed by atoms with Gasteiger partial charge in [0.25, 0.3) is 5.69 Å². The number of hydrogen-bond donors (Lipinski definition) is 0. The molecule has 0 atom stereocenters. The minimum absolute atomic E-state index is 0.0141. The molecule has 0 heterocycles. The molecule has 0 saturated heterocycles. The zero-order valence-electron chi connectivity index (χ0n) is 11.9. The van der Waals surface area contributed by atoms with Crippen LogP contribution in [-0.4, -0.2) is 10.7 Å². The van der Waals surface area contributed by atoms with E-state index in [9.17, 15) is 14.9 Å². The zero-order valence-corrected chi connectivity index (χ0v) is 11.9. The third-order valence-electron chi connectivity index (χ3n) is 2.41. The molecule has 1 rings (SSSR count). The predicted molar refractivity (Wildman–Crippen MR) is 73.1 cm³/mol. The number of ketones is 1. The Balaban J connectivity index is 0.00000137. The Morgan fingerprint density at radius 2 is 1.72 bits per heavy atom. The lowest BCUT2D eigenvalue weighted by Crippen LogP contribution is -2.14. The second-order valence-electron chi connectivity index (χ2n) is 4.80. The second kappa shape index (κ2) is 6.28. The highest BCUT2D eigenvalue weighted by Gasteiger charge is 2.25. The van der Waals surface area contributed by atoms with Crippen molar-refractivity contribution in [1.82, 2.24) is 0 Å². The molecule has 0 aliphatic carbocycles. The van der Waals surface area contributed by atoms with Crippen molar-refractivity contribution < 1.29 is 9.72 Å². The van der Waals surface area contributed by atoms with Crippen LogP contribution in [-0.2, 0) is 5.41 Å². The maximum absolute atomic E-state index is 11.2. The number of nitro benzene ring substituents is 1. The first kappa shape index (κ1) is 16.3. The van der Waals surface area contributed by atoms with Gasteiger partial charge in [-0.25, -0.2) is 0 Å². The van der Waals surface area contributed by atoms with Crippen LogP contribution in [0.5, 0.6) is 0 Å². The van der Waals surface area contributed by atoms with Crippen LogP contribution in [0, 0.1) is 10.1 Å². The predicted octanol–water partition coefficient (Wildman–Crippen LogP) is 4.12. The lowest BCUT2D eigenvalue weighted by atomic mass is 9.85. The van der Waals surface area contributed by atoms with Gasteiger partial charge < -0.3 is 0 Å². The first-order chi connectivity index (χ1) is 8.23. The van der Waals surface area contributed by atoms with E-state index < -0.39 is 4.92 Å². The van der Waals surface area contributed by atoms with Gasteiger partial charge in [0.15, 0.2) is 5.78 Å². The number of carbonyl (C=O) groups is 1. The fraction of sp³-hybridized carbons (Fsp3) is 0.500. The fourth-order valence-electron chi connectivity index (χ4n) is 1.54.